The first-order valence-corrected chi connectivity index (χ1v) is 7.38. The van der Waals surface area contributed by atoms with E-state index in [0.29, 0.717) is 0 Å². The highest BCUT2D eigenvalue weighted by Gasteiger charge is 2.16. The van der Waals surface area contributed by atoms with Crippen LogP contribution in [-0.2, 0) is 4.79 Å². The summed E-state index contributed by atoms with van der Waals surface area (Å²) in [5, 5.41) is 24.0. The largest absolute Gasteiger partial charge is 0.493 e. The van der Waals surface area contributed by atoms with Gasteiger partial charge in [0, 0.05) is 17.8 Å². The number of non-ortho nitro benzene ring substituents is 1. The lowest BCUT2D eigenvalue weighted by atomic mass is 10.2. The molecule has 1 N–H and O–H groups in total. The minimum atomic E-state index is -0.678. The quantitative estimate of drug-likeness (QED) is 0.574. The minimum Gasteiger partial charge on any atom is -0.493 e. The Morgan fingerprint density at radius 3 is 2.46 bits per heavy atom. The Labute approximate surface area is 151 Å². The van der Waals surface area contributed by atoms with Crippen LogP contribution in [0.2, 0.25) is 5.02 Å². The third kappa shape index (κ3) is 4.57. The van der Waals surface area contributed by atoms with Crippen LogP contribution in [0.25, 0.3) is 0 Å². The number of nitrogens with one attached hydrogen (secondary N) is 1. The van der Waals surface area contributed by atoms with Crippen molar-refractivity contribution in [3.05, 3.63) is 61.6 Å². The highest BCUT2D eigenvalue weighted by Crippen LogP contribution is 2.31. The third-order valence-electron chi connectivity index (χ3n) is 3.14. The van der Waals surface area contributed by atoms with Crippen molar-refractivity contribution in [2.24, 2.45) is 0 Å². The molecule has 0 radical (unpaired) electrons. The monoisotopic (exact) mass is 381 g/mol. The van der Waals surface area contributed by atoms with E-state index in [-0.39, 0.29) is 33.6 Å². The van der Waals surface area contributed by atoms with Gasteiger partial charge < -0.3 is 14.8 Å². The second-order valence-corrected chi connectivity index (χ2v) is 5.26. The van der Waals surface area contributed by atoms with E-state index in [1.807, 2.05) is 0 Å². The van der Waals surface area contributed by atoms with Gasteiger partial charge >= 0.3 is 0 Å². The normalized spacial score (nSPS) is 10.1. The average molecular weight is 382 g/mol. The number of benzene rings is 2. The van der Waals surface area contributed by atoms with Crippen LogP contribution < -0.4 is 14.8 Å². The van der Waals surface area contributed by atoms with Crippen molar-refractivity contribution < 1.29 is 24.1 Å². The van der Waals surface area contributed by atoms with Crippen LogP contribution in [0.1, 0.15) is 0 Å². The zero-order valence-corrected chi connectivity index (χ0v) is 14.1. The fraction of sp³-hybridized carbons (Fsp3) is 0.133. The molecule has 2 aromatic rings. The second-order valence-electron chi connectivity index (χ2n) is 4.85. The highest BCUT2D eigenvalue weighted by molar-refractivity contribution is 6.32. The van der Waals surface area contributed by atoms with Crippen LogP contribution in [0, 0.1) is 20.2 Å². The molecule has 136 valence electrons. The molecule has 0 spiro atoms. The predicted molar refractivity (Wildman–Crippen MR) is 91.9 cm³/mol. The van der Waals surface area contributed by atoms with Gasteiger partial charge in [0.05, 0.1) is 23.0 Å². The van der Waals surface area contributed by atoms with Crippen molar-refractivity contribution >= 4 is 34.6 Å². The number of nitro groups is 2. The van der Waals surface area contributed by atoms with E-state index >= 15 is 0 Å². The Balaban J connectivity index is 2.07. The molecule has 0 unspecified atom stereocenters. The van der Waals surface area contributed by atoms with Crippen molar-refractivity contribution in [1.82, 2.24) is 0 Å². The van der Waals surface area contributed by atoms with E-state index in [9.17, 15) is 25.0 Å². The zero-order chi connectivity index (χ0) is 19.3. The maximum absolute atomic E-state index is 12.0. The Hall–Kier alpha value is -3.40. The third-order valence-corrected chi connectivity index (χ3v) is 3.46. The Kier molecular flexibility index (Phi) is 5.91. The predicted octanol–water partition coefficient (Wildman–Crippen LogP) is 3.18. The summed E-state index contributed by atoms with van der Waals surface area (Å²) in [5.74, 6) is -0.403. The summed E-state index contributed by atoms with van der Waals surface area (Å²) >= 11 is 5.69. The van der Waals surface area contributed by atoms with Gasteiger partial charge in [-0.1, -0.05) is 11.6 Å². The Morgan fingerprint density at radius 1 is 1.12 bits per heavy atom. The lowest BCUT2D eigenvalue weighted by Crippen LogP contribution is -2.20. The SMILES string of the molecule is COc1ccc([N+](=O)[O-])cc1OCC(=O)Nc1ccc(Cl)c([N+](=O)[O-])c1. The molecule has 0 aromatic heterocycles. The molecule has 0 fully saturated rings. The summed E-state index contributed by atoms with van der Waals surface area (Å²) in [6, 6.07) is 7.47. The zero-order valence-electron chi connectivity index (χ0n) is 13.3. The van der Waals surface area contributed by atoms with E-state index in [4.69, 9.17) is 21.1 Å². The smallest absolute Gasteiger partial charge is 0.289 e. The number of rotatable bonds is 7. The first-order valence-electron chi connectivity index (χ1n) is 7.01. The van der Waals surface area contributed by atoms with Gasteiger partial charge in [-0.2, -0.15) is 0 Å². The van der Waals surface area contributed by atoms with E-state index in [0.717, 1.165) is 12.1 Å². The molecule has 10 nitrogen and oxygen atoms in total. The summed E-state index contributed by atoms with van der Waals surface area (Å²) in [6.07, 6.45) is 0. The molecule has 0 saturated heterocycles. The van der Waals surface area contributed by atoms with E-state index in [1.54, 1.807) is 0 Å². The molecule has 0 heterocycles. The van der Waals surface area contributed by atoms with Crippen molar-refractivity contribution in [2.45, 2.75) is 0 Å². The molecule has 1 amide bonds. The summed E-state index contributed by atoms with van der Waals surface area (Å²) in [4.78, 5) is 32.3. The Morgan fingerprint density at radius 2 is 1.85 bits per heavy atom. The first-order chi connectivity index (χ1) is 12.3. The summed E-state index contributed by atoms with van der Waals surface area (Å²) in [5.41, 5.74) is -0.430. The fourth-order valence-electron chi connectivity index (χ4n) is 1.96. The van der Waals surface area contributed by atoms with Crippen LogP contribution in [-0.4, -0.2) is 29.5 Å². The molecule has 0 aliphatic heterocycles. The van der Waals surface area contributed by atoms with Gasteiger partial charge in [-0.15, -0.1) is 0 Å². The molecule has 11 heteroatoms. The number of carbonyl (C=O) groups is 1. The number of hydrogen-bond acceptors (Lipinski definition) is 7. The number of nitro benzene ring substituents is 2. The van der Waals surface area contributed by atoms with Crippen LogP contribution in [0.5, 0.6) is 11.5 Å². The maximum Gasteiger partial charge on any atom is 0.289 e. The lowest BCUT2D eigenvalue weighted by molar-refractivity contribution is -0.385. The molecular formula is C15H12ClN3O7. The number of carbonyl (C=O) groups excluding carboxylic acids is 1. The van der Waals surface area contributed by atoms with Gasteiger partial charge in [0.1, 0.15) is 5.02 Å². The Bertz CT molecular complexity index is 872. The molecule has 2 aromatic carbocycles. The maximum atomic E-state index is 12.0. The summed E-state index contributed by atoms with van der Waals surface area (Å²) in [7, 11) is 1.35. The van der Waals surface area contributed by atoms with Gasteiger partial charge in [0.2, 0.25) is 0 Å². The number of hydrogen-bond donors (Lipinski definition) is 1. The molecule has 0 aliphatic rings. The van der Waals surface area contributed by atoms with Gasteiger partial charge in [-0.05, 0) is 18.2 Å². The molecule has 0 aliphatic carbocycles. The van der Waals surface area contributed by atoms with E-state index in [2.05, 4.69) is 5.32 Å². The molecule has 0 bridgehead atoms. The van der Waals surface area contributed by atoms with Crippen LogP contribution in [0.15, 0.2) is 36.4 Å². The molecule has 2 rings (SSSR count). The molecule has 0 atom stereocenters. The summed E-state index contributed by atoms with van der Waals surface area (Å²) < 4.78 is 10.3. The van der Waals surface area contributed by atoms with Gasteiger partial charge in [-0.25, -0.2) is 0 Å². The number of amides is 1. The van der Waals surface area contributed by atoms with Crippen molar-refractivity contribution in [2.75, 3.05) is 19.0 Å². The summed E-state index contributed by atoms with van der Waals surface area (Å²) in [6.45, 7) is -0.492. The van der Waals surface area contributed by atoms with Crippen LogP contribution >= 0.6 is 11.6 Å². The topological polar surface area (TPSA) is 134 Å². The number of anilines is 1. The van der Waals surface area contributed by atoms with Gasteiger partial charge in [0.25, 0.3) is 17.3 Å². The number of halogens is 1. The number of ether oxygens (including phenoxy) is 2. The lowest BCUT2D eigenvalue weighted by Gasteiger charge is -2.10. The van der Waals surface area contributed by atoms with Gasteiger partial charge in [0.15, 0.2) is 18.1 Å². The number of nitrogens with zero attached hydrogens (tertiary/aromatic N) is 2. The minimum absolute atomic E-state index is 0.0129. The highest BCUT2D eigenvalue weighted by atomic mass is 35.5. The fourth-order valence-corrected chi connectivity index (χ4v) is 2.15. The first kappa shape index (κ1) is 18.9. The van der Waals surface area contributed by atoms with Crippen molar-refractivity contribution in [3.63, 3.8) is 0 Å². The average Bonchev–Trinajstić information content (AvgIpc) is 2.61. The van der Waals surface area contributed by atoms with E-state index in [1.165, 1.54) is 31.4 Å². The van der Waals surface area contributed by atoms with Crippen molar-refractivity contribution in [3.8, 4) is 11.5 Å². The molecular weight excluding hydrogens is 370 g/mol. The van der Waals surface area contributed by atoms with Gasteiger partial charge in [-0.3, -0.25) is 25.0 Å². The molecule has 0 saturated carbocycles. The number of methoxy groups -OCH3 is 1. The molecule has 26 heavy (non-hydrogen) atoms. The van der Waals surface area contributed by atoms with Crippen LogP contribution in [0.4, 0.5) is 17.1 Å². The second kappa shape index (κ2) is 8.12. The van der Waals surface area contributed by atoms with E-state index < -0.39 is 22.4 Å². The standard InChI is InChI=1S/C15H12ClN3O7/c1-25-13-5-3-10(18(21)22)7-14(13)26-8-15(20)17-9-2-4-11(16)12(6-9)19(23)24/h2-7H,8H2,1H3,(H,17,20). The van der Waals surface area contributed by atoms with Crippen molar-refractivity contribution in [1.29, 1.82) is 0 Å². The van der Waals surface area contributed by atoms with Crippen LogP contribution in [0.3, 0.4) is 0 Å².